The second-order valence-electron chi connectivity index (χ2n) is 5.51. The van der Waals surface area contributed by atoms with Crippen LogP contribution in [0, 0.1) is 11.6 Å². The molecule has 2 rings (SSSR count). The van der Waals surface area contributed by atoms with Crippen LogP contribution in [-0.4, -0.2) is 35.8 Å². The van der Waals surface area contributed by atoms with E-state index in [2.05, 4.69) is 5.32 Å². The third-order valence-corrected chi connectivity index (χ3v) is 3.67. The maximum atomic E-state index is 13.9. The first-order valence-corrected chi connectivity index (χ1v) is 7.12. The second-order valence-corrected chi connectivity index (χ2v) is 5.51. The minimum atomic E-state index is -0.831. The van der Waals surface area contributed by atoms with Crippen molar-refractivity contribution < 1.29 is 18.4 Å². The lowest BCUT2D eigenvalue weighted by atomic mass is 10.0. The summed E-state index contributed by atoms with van der Waals surface area (Å²) in [6, 6.07) is 2.20. The quantitative estimate of drug-likeness (QED) is 0.874. The van der Waals surface area contributed by atoms with Crippen LogP contribution in [-0.2, 0) is 9.59 Å². The van der Waals surface area contributed by atoms with Crippen molar-refractivity contribution in [2.75, 3.05) is 13.1 Å². The Morgan fingerprint density at radius 3 is 2.73 bits per heavy atom. The van der Waals surface area contributed by atoms with Gasteiger partial charge in [-0.25, -0.2) is 8.78 Å². The van der Waals surface area contributed by atoms with Gasteiger partial charge in [0.2, 0.25) is 11.8 Å². The van der Waals surface area contributed by atoms with Gasteiger partial charge in [0.05, 0.1) is 12.5 Å². The van der Waals surface area contributed by atoms with Gasteiger partial charge in [-0.05, 0) is 12.5 Å². The van der Waals surface area contributed by atoms with Gasteiger partial charge in [0.1, 0.15) is 11.6 Å². The SMILES string of the molecule is CC(=O)NC(CC(=O)N1CC[C@@H](N)C1)c1ccc(F)cc1F. The fourth-order valence-corrected chi connectivity index (χ4v) is 2.59. The van der Waals surface area contributed by atoms with Crippen LogP contribution >= 0.6 is 0 Å². The Bertz CT molecular complexity index is 580. The Labute approximate surface area is 127 Å². The van der Waals surface area contributed by atoms with Gasteiger partial charge in [-0.15, -0.1) is 0 Å². The van der Waals surface area contributed by atoms with Crippen molar-refractivity contribution in [3.63, 3.8) is 0 Å². The molecule has 0 radical (unpaired) electrons. The normalized spacial score (nSPS) is 19.1. The van der Waals surface area contributed by atoms with Gasteiger partial charge in [0, 0.05) is 37.7 Å². The number of nitrogens with one attached hydrogen (secondary N) is 1. The first-order valence-electron chi connectivity index (χ1n) is 7.12. The molecule has 2 atom stereocenters. The maximum absolute atomic E-state index is 13.9. The topological polar surface area (TPSA) is 75.4 Å². The number of hydrogen-bond donors (Lipinski definition) is 2. The van der Waals surface area contributed by atoms with E-state index in [0.29, 0.717) is 13.1 Å². The number of nitrogens with zero attached hydrogens (tertiary/aromatic N) is 1. The Kier molecular flexibility index (Phi) is 5.07. The van der Waals surface area contributed by atoms with E-state index < -0.39 is 17.7 Å². The predicted octanol–water partition coefficient (Wildman–Crippen LogP) is 1.09. The number of hydrogen-bond acceptors (Lipinski definition) is 3. The monoisotopic (exact) mass is 311 g/mol. The molecule has 1 aliphatic rings. The van der Waals surface area contributed by atoms with Gasteiger partial charge in [0.25, 0.3) is 0 Å². The number of carbonyl (C=O) groups excluding carboxylic acids is 2. The minimum Gasteiger partial charge on any atom is -0.349 e. The van der Waals surface area contributed by atoms with Crippen LogP contribution in [0.15, 0.2) is 18.2 Å². The Morgan fingerprint density at radius 2 is 2.18 bits per heavy atom. The summed E-state index contributed by atoms with van der Waals surface area (Å²) < 4.78 is 26.9. The van der Waals surface area contributed by atoms with E-state index in [1.54, 1.807) is 4.90 Å². The molecule has 1 fully saturated rings. The van der Waals surface area contributed by atoms with Gasteiger partial charge in [0.15, 0.2) is 0 Å². The molecule has 1 heterocycles. The van der Waals surface area contributed by atoms with Crippen molar-refractivity contribution >= 4 is 11.8 Å². The Balaban J connectivity index is 2.15. The van der Waals surface area contributed by atoms with E-state index in [0.717, 1.165) is 18.6 Å². The minimum absolute atomic E-state index is 0.0503. The fraction of sp³-hybridized carbons (Fsp3) is 0.467. The lowest BCUT2D eigenvalue weighted by Gasteiger charge is -2.22. The van der Waals surface area contributed by atoms with Crippen LogP contribution < -0.4 is 11.1 Å². The lowest BCUT2D eigenvalue weighted by molar-refractivity contribution is -0.131. The summed E-state index contributed by atoms with van der Waals surface area (Å²) in [4.78, 5) is 25.2. The molecule has 1 aromatic rings. The van der Waals surface area contributed by atoms with E-state index >= 15 is 0 Å². The van der Waals surface area contributed by atoms with Crippen molar-refractivity contribution in [1.29, 1.82) is 0 Å². The molecule has 120 valence electrons. The van der Waals surface area contributed by atoms with E-state index in [1.165, 1.54) is 13.0 Å². The molecule has 0 aromatic heterocycles. The Morgan fingerprint density at radius 1 is 1.45 bits per heavy atom. The molecule has 0 aliphatic carbocycles. The largest absolute Gasteiger partial charge is 0.349 e. The molecule has 3 N–H and O–H groups in total. The van der Waals surface area contributed by atoms with Crippen LogP contribution in [0.2, 0.25) is 0 Å². The average Bonchev–Trinajstić information content (AvgIpc) is 2.84. The molecule has 2 amide bonds. The highest BCUT2D eigenvalue weighted by atomic mass is 19.1. The third-order valence-electron chi connectivity index (χ3n) is 3.67. The fourth-order valence-electron chi connectivity index (χ4n) is 2.59. The number of carbonyl (C=O) groups is 2. The predicted molar refractivity (Wildman–Crippen MR) is 76.7 cm³/mol. The highest BCUT2D eigenvalue weighted by molar-refractivity contribution is 5.79. The van der Waals surface area contributed by atoms with Crippen molar-refractivity contribution in [3.05, 3.63) is 35.4 Å². The molecule has 0 spiro atoms. The number of halogens is 2. The lowest BCUT2D eigenvalue weighted by Crippen LogP contribution is -2.36. The number of rotatable bonds is 4. The van der Waals surface area contributed by atoms with Crippen LogP contribution in [0.25, 0.3) is 0 Å². The van der Waals surface area contributed by atoms with Gasteiger partial charge < -0.3 is 16.0 Å². The van der Waals surface area contributed by atoms with E-state index in [-0.39, 0.29) is 29.8 Å². The maximum Gasteiger partial charge on any atom is 0.225 e. The molecule has 7 heteroatoms. The van der Waals surface area contributed by atoms with Crippen LogP contribution in [0.3, 0.4) is 0 Å². The highest BCUT2D eigenvalue weighted by Crippen LogP contribution is 2.23. The van der Waals surface area contributed by atoms with Gasteiger partial charge in [-0.3, -0.25) is 9.59 Å². The smallest absolute Gasteiger partial charge is 0.225 e. The second kappa shape index (κ2) is 6.83. The average molecular weight is 311 g/mol. The third kappa shape index (κ3) is 4.00. The number of amides is 2. The van der Waals surface area contributed by atoms with E-state index in [1.807, 2.05) is 0 Å². The summed E-state index contributed by atoms with van der Waals surface area (Å²) in [6.07, 6.45) is 0.635. The molecular weight excluding hydrogens is 292 g/mol. The molecule has 22 heavy (non-hydrogen) atoms. The van der Waals surface area contributed by atoms with Crippen molar-refractivity contribution in [1.82, 2.24) is 10.2 Å². The van der Waals surface area contributed by atoms with Crippen molar-refractivity contribution in [2.24, 2.45) is 5.73 Å². The van der Waals surface area contributed by atoms with Crippen LogP contribution in [0.1, 0.15) is 31.4 Å². The first kappa shape index (κ1) is 16.4. The molecule has 0 saturated carbocycles. The Hall–Kier alpha value is -2.02. The summed E-state index contributed by atoms with van der Waals surface area (Å²) in [6.45, 7) is 2.29. The number of likely N-dealkylation sites (tertiary alicyclic amines) is 1. The summed E-state index contributed by atoms with van der Waals surface area (Å²) >= 11 is 0. The van der Waals surface area contributed by atoms with Crippen LogP contribution in [0.5, 0.6) is 0 Å². The molecule has 5 nitrogen and oxygen atoms in total. The zero-order valence-corrected chi connectivity index (χ0v) is 12.3. The van der Waals surface area contributed by atoms with E-state index in [9.17, 15) is 18.4 Å². The van der Waals surface area contributed by atoms with Gasteiger partial charge >= 0.3 is 0 Å². The van der Waals surface area contributed by atoms with Crippen molar-refractivity contribution in [2.45, 2.75) is 31.8 Å². The van der Waals surface area contributed by atoms with Gasteiger partial charge in [-0.2, -0.15) is 0 Å². The molecule has 0 bridgehead atoms. The first-order chi connectivity index (χ1) is 10.4. The van der Waals surface area contributed by atoms with Crippen LogP contribution in [0.4, 0.5) is 8.78 Å². The number of benzene rings is 1. The molecule has 1 unspecified atom stereocenters. The zero-order chi connectivity index (χ0) is 16.3. The number of nitrogens with two attached hydrogens (primary N) is 1. The highest BCUT2D eigenvalue weighted by Gasteiger charge is 2.27. The summed E-state index contributed by atoms with van der Waals surface area (Å²) in [5.74, 6) is -2.10. The summed E-state index contributed by atoms with van der Waals surface area (Å²) in [5, 5.41) is 2.54. The van der Waals surface area contributed by atoms with Gasteiger partial charge in [-0.1, -0.05) is 6.07 Å². The summed E-state index contributed by atoms with van der Waals surface area (Å²) in [7, 11) is 0. The van der Waals surface area contributed by atoms with E-state index in [4.69, 9.17) is 5.73 Å². The molecule has 1 aliphatic heterocycles. The summed E-state index contributed by atoms with van der Waals surface area (Å²) in [5.41, 5.74) is 5.85. The molecule has 1 aromatic carbocycles. The molecule has 1 saturated heterocycles. The molecular formula is C15H19F2N3O2. The standard InChI is InChI=1S/C15H19F2N3O2/c1-9(21)19-14(12-3-2-10(16)6-13(12)17)7-15(22)20-5-4-11(18)8-20/h2-3,6,11,14H,4-5,7-8,18H2,1H3,(H,19,21)/t11-,14?/m1/s1. The van der Waals surface area contributed by atoms with Crippen molar-refractivity contribution in [3.8, 4) is 0 Å². The zero-order valence-electron chi connectivity index (χ0n) is 12.3.